The van der Waals surface area contributed by atoms with Gasteiger partial charge in [0.25, 0.3) is 5.69 Å². The second-order valence-corrected chi connectivity index (χ2v) is 5.99. The largest absolute Gasteiger partial charge is 0.271 e. The zero-order valence-corrected chi connectivity index (χ0v) is 13.1. The van der Waals surface area contributed by atoms with Gasteiger partial charge in [-0.05, 0) is 49.1 Å². The highest BCUT2D eigenvalue weighted by Crippen LogP contribution is 2.29. The van der Waals surface area contributed by atoms with Crippen LogP contribution < -0.4 is 0 Å². The first kappa shape index (κ1) is 14.6. The van der Waals surface area contributed by atoms with Gasteiger partial charge in [0.2, 0.25) is 0 Å². The maximum atomic E-state index is 10.9. The molecule has 0 aliphatic rings. The quantitative estimate of drug-likeness (QED) is 0.530. The number of nitrogens with zero attached hydrogens (tertiary/aromatic N) is 3. The van der Waals surface area contributed by atoms with Crippen molar-refractivity contribution < 1.29 is 4.92 Å². The molecule has 112 valence electrons. The zero-order chi connectivity index (χ0) is 15.7. The van der Waals surface area contributed by atoms with Crippen LogP contribution in [0.2, 0.25) is 0 Å². The number of aromatic nitrogens is 2. The van der Waals surface area contributed by atoms with E-state index in [2.05, 4.69) is 36.2 Å². The molecule has 1 heterocycles. The van der Waals surface area contributed by atoms with Gasteiger partial charge in [0.1, 0.15) is 5.82 Å². The molecule has 0 saturated carbocycles. The van der Waals surface area contributed by atoms with Gasteiger partial charge in [-0.15, -0.1) is 0 Å². The lowest BCUT2D eigenvalue weighted by atomic mass is 10.2. The molecule has 1 aromatic heterocycles. The van der Waals surface area contributed by atoms with Crippen molar-refractivity contribution in [3.8, 4) is 0 Å². The van der Waals surface area contributed by atoms with Crippen molar-refractivity contribution in [2.24, 2.45) is 0 Å². The van der Waals surface area contributed by atoms with E-state index in [-0.39, 0.29) is 5.69 Å². The van der Waals surface area contributed by atoms with Crippen molar-refractivity contribution in [1.29, 1.82) is 0 Å². The molecule has 0 fully saturated rings. The fourth-order valence-corrected chi connectivity index (χ4v) is 3.18. The van der Waals surface area contributed by atoms with E-state index in [4.69, 9.17) is 0 Å². The first-order chi connectivity index (χ1) is 10.6. The summed E-state index contributed by atoms with van der Waals surface area (Å²) >= 11 is 1.57. The van der Waals surface area contributed by atoms with E-state index in [1.54, 1.807) is 18.0 Å². The molecule has 0 N–H and O–H groups in total. The van der Waals surface area contributed by atoms with Gasteiger partial charge in [-0.1, -0.05) is 19.1 Å². The standard InChI is InChI=1S/C16H15N3O2S/c1-3-12-4-7-14(8-5-12)22-18-11(2)17-15-10-13(19(20)21)6-9-16(15)18/h4-10H,3H2,1-2H3. The summed E-state index contributed by atoms with van der Waals surface area (Å²) in [4.78, 5) is 16.0. The number of hydrogen-bond acceptors (Lipinski definition) is 4. The van der Waals surface area contributed by atoms with Gasteiger partial charge in [-0.2, -0.15) is 0 Å². The Morgan fingerprint density at radius 3 is 2.59 bits per heavy atom. The zero-order valence-electron chi connectivity index (χ0n) is 12.3. The maximum absolute atomic E-state index is 10.9. The average Bonchev–Trinajstić information content (AvgIpc) is 2.83. The number of nitro benzene ring substituents is 1. The molecule has 0 aliphatic carbocycles. The molecule has 2 aromatic carbocycles. The third-order valence-electron chi connectivity index (χ3n) is 3.49. The van der Waals surface area contributed by atoms with Crippen LogP contribution in [0.25, 0.3) is 11.0 Å². The van der Waals surface area contributed by atoms with Crippen molar-refractivity contribution in [2.45, 2.75) is 25.2 Å². The molecular weight excluding hydrogens is 298 g/mol. The molecule has 6 heteroatoms. The summed E-state index contributed by atoms with van der Waals surface area (Å²) in [5.41, 5.74) is 2.89. The summed E-state index contributed by atoms with van der Waals surface area (Å²) in [6.07, 6.45) is 1.02. The van der Waals surface area contributed by atoms with E-state index in [0.29, 0.717) is 5.52 Å². The predicted octanol–water partition coefficient (Wildman–Crippen LogP) is 4.37. The van der Waals surface area contributed by atoms with Gasteiger partial charge in [0.05, 0.1) is 16.0 Å². The first-order valence-electron chi connectivity index (χ1n) is 6.99. The first-order valence-corrected chi connectivity index (χ1v) is 7.76. The number of non-ortho nitro benzene ring substituents is 1. The van der Waals surface area contributed by atoms with Crippen LogP contribution in [0.1, 0.15) is 18.3 Å². The summed E-state index contributed by atoms with van der Waals surface area (Å²) in [5, 5.41) is 10.9. The van der Waals surface area contributed by atoms with Crippen LogP contribution in [0.3, 0.4) is 0 Å². The Kier molecular flexibility index (Phi) is 3.85. The molecular formula is C16H15N3O2S. The van der Waals surface area contributed by atoms with E-state index < -0.39 is 4.92 Å². The molecule has 22 heavy (non-hydrogen) atoms. The van der Waals surface area contributed by atoms with Gasteiger partial charge >= 0.3 is 0 Å². The third-order valence-corrected chi connectivity index (χ3v) is 4.62. The lowest BCUT2D eigenvalue weighted by Gasteiger charge is -2.06. The van der Waals surface area contributed by atoms with E-state index in [9.17, 15) is 10.1 Å². The van der Waals surface area contributed by atoms with Crippen LogP contribution in [0.4, 0.5) is 5.69 Å². The van der Waals surface area contributed by atoms with Gasteiger partial charge in [0, 0.05) is 17.0 Å². The second-order valence-electron chi connectivity index (χ2n) is 4.97. The second kappa shape index (κ2) is 5.81. The summed E-state index contributed by atoms with van der Waals surface area (Å²) < 4.78 is 2.00. The highest BCUT2D eigenvalue weighted by molar-refractivity contribution is 7.98. The fraction of sp³-hybridized carbons (Fsp3) is 0.188. The monoisotopic (exact) mass is 313 g/mol. The van der Waals surface area contributed by atoms with Gasteiger partial charge in [-0.3, -0.25) is 14.1 Å². The van der Waals surface area contributed by atoms with Gasteiger partial charge in [0.15, 0.2) is 0 Å². The van der Waals surface area contributed by atoms with Crippen LogP contribution in [-0.2, 0) is 6.42 Å². The molecule has 5 nitrogen and oxygen atoms in total. The average molecular weight is 313 g/mol. The third kappa shape index (κ3) is 2.69. The molecule has 0 radical (unpaired) electrons. The Morgan fingerprint density at radius 2 is 1.95 bits per heavy atom. The van der Waals surface area contributed by atoms with E-state index in [1.807, 2.05) is 10.9 Å². The molecule has 0 bridgehead atoms. The SMILES string of the molecule is CCc1ccc(Sn2c(C)nc3cc([N+](=O)[O-])ccc32)cc1. The smallest absolute Gasteiger partial charge is 0.265 e. The lowest BCUT2D eigenvalue weighted by Crippen LogP contribution is -1.91. The topological polar surface area (TPSA) is 61.0 Å². The maximum Gasteiger partial charge on any atom is 0.271 e. The van der Waals surface area contributed by atoms with Crippen molar-refractivity contribution in [2.75, 3.05) is 0 Å². The van der Waals surface area contributed by atoms with Gasteiger partial charge in [-0.25, -0.2) is 4.98 Å². The Balaban J connectivity index is 1.99. The Hall–Kier alpha value is -2.34. The minimum absolute atomic E-state index is 0.0643. The normalized spacial score (nSPS) is 11.0. The Morgan fingerprint density at radius 1 is 1.23 bits per heavy atom. The number of imidazole rings is 1. The minimum Gasteiger partial charge on any atom is -0.265 e. The summed E-state index contributed by atoms with van der Waals surface area (Å²) in [6.45, 7) is 4.03. The van der Waals surface area contributed by atoms with Crippen molar-refractivity contribution in [3.05, 3.63) is 64.0 Å². The Labute approximate surface area is 132 Å². The number of rotatable bonds is 4. The molecule has 0 unspecified atom stereocenters. The van der Waals surface area contributed by atoms with Crippen LogP contribution >= 0.6 is 11.9 Å². The molecule has 0 spiro atoms. The molecule has 0 saturated heterocycles. The number of hydrogen-bond donors (Lipinski definition) is 0. The highest BCUT2D eigenvalue weighted by atomic mass is 32.2. The number of fused-ring (bicyclic) bond motifs is 1. The van der Waals surface area contributed by atoms with E-state index in [1.165, 1.54) is 17.7 Å². The van der Waals surface area contributed by atoms with Crippen molar-refractivity contribution in [1.82, 2.24) is 8.96 Å². The highest BCUT2D eigenvalue weighted by Gasteiger charge is 2.13. The fourth-order valence-electron chi connectivity index (χ4n) is 2.29. The molecule has 3 aromatic rings. The van der Waals surface area contributed by atoms with Crippen LogP contribution in [0, 0.1) is 17.0 Å². The molecule has 0 atom stereocenters. The summed E-state index contributed by atoms with van der Waals surface area (Å²) in [5.74, 6) is 0.820. The van der Waals surface area contributed by atoms with Gasteiger partial charge < -0.3 is 0 Å². The molecule has 0 aliphatic heterocycles. The van der Waals surface area contributed by atoms with E-state index in [0.717, 1.165) is 22.7 Å². The number of aryl methyl sites for hydroxylation is 2. The summed E-state index contributed by atoms with van der Waals surface area (Å²) in [7, 11) is 0. The van der Waals surface area contributed by atoms with Crippen molar-refractivity contribution in [3.63, 3.8) is 0 Å². The number of nitro groups is 1. The lowest BCUT2D eigenvalue weighted by molar-refractivity contribution is -0.384. The molecule has 3 rings (SSSR count). The molecule has 0 amide bonds. The van der Waals surface area contributed by atoms with Crippen molar-refractivity contribution >= 4 is 28.7 Å². The minimum atomic E-state index is -0.398. The predicted molar refractivity (Wildman–Crippen MR) is 88.2 cm³/mol. The number of benzene rings is 2. The van der Waals surface area contributed by atoms with E-state index >= 15 is 0 Å². The summed E-state index contributed by atoms with van der Waals surface area (Å²) in [6, 6.07) is 13.2. The van der Waals surface area contributed by atoms with Crippen LogP contribution in [0.15, 0.2) is 47.4 Å². The van der Waals surface area contributed by atoms with Crippen LogP contribution in [-0.4, -0.2) is 13.9 Å². The van der Waals surface area contributed by atoms with Crippen LogP contribution in [0.5, 0.6) is 0 Å². The Bertz CT molecular complexity index is 840.